The number of rotatable bonds is 20. The lowest BCUT2D eigenvalue weighted by Gasteiger charge is -2.15. The first-order chi connectivity index (χ1) is 20.5. The molecule has 0 bridgehead atoms. The van der Waals surface area contributed by atoms with E-state index in [1.165, 1.54) is 83.1 Å². The van der Waals surface area contributed by atoms with Crippen molar-refractivity contribution >= 4 is 11.4 Å². The minimum Gasteiger partial charge on any atom is -0.493 e. The summed E-state index contributed by atoms with van der Waals surface area (Å²) in [7, 11) is 0. The van der Waals surface area contributed by atoms with Crippen LogP contribution in [0.3, 0.4) is 0 Å². The maximum absolute atomic E-state index is 12.2. The van der Waals surface area contributed by atoms with Crippen molar-refractivity contribution < 1.29 is 4.70 Å². The van der Waals surface area contributed by atoms with Crippen LogP contribution in [0.5, 0.6) is 0 Å². The van der Waals surface area contributed by atoms with Crippen LogP contribution in [0.4, 0.5) is 0 Å². The highest BCUT2D eigenvalue weighted by atomic mass is 15.2. The van der Waals surface area contributed by atoms with Crippen LogP contribution in [0.15, 0.2) is 47.5 Å². The molecule has 1 aliphatic rings. The first-order valence-corrected chi connectivity index (χ1v) is 17.7. The van der Waals surface area contributed by atoms with E-state index in [1.54, 1.807) is 4.70 Å². The smallest absolute Gasteiger partial charge is 0.211 e. The Labute approximate surface area is 259 Å². The number of unbranched alkanes of at least 4 members (excludes halogenated alkanes) is 6. The van der Waals surface area contributed by atoms with Crippen molar-refractivity contribution in [2.24, 2.45) is 0 Å². The first-order valence-electron chi connectivity index (χ1n) is 17.7. The Balaban J connectivity index is 2.14. The van der Waals surface area contributed by atoms with E-state index in [4.69, 9.17) is 0 Å². The molecule has 0 fully saturated rings. The van der Waals surface area contributed by atoms with Crippen LogP contribution < -0.4 is 0 Å². The summed E-state index contributed by atoms with van der Waals surface area (Å²) in [4.78, 5) is 0. The van der Waals surface area contributed by atoms with Gasteiger partial charge in [0, 0.05) is 22.3 Å². The molecule has 1 aliphatic heterocycles. The lowest BCUT2D eigenvalue weighted by molar-refractivity contribution is -0.345. The molecule has 0 saturated heterocycles. The summed E-state index contributed by atoms with van der Waals surface area (Å²) in [5.74, 6) is 0. The van der Waals surface area contributed by atoms with Crippen molar-refractivity contribution in [2.45, 2.75) is 157 Å². The Kier molecular flexibility index (Phi) is 14.8. The van der Waals surface area contributed by atoms with E-state index in [0.29, 0.717) is 0 Å². The molecule has 0 saturated carbocycles. The number of hydrogen-bond acceptors (Lipinski definition) is 0. The SMILES string of the molecule is CCCCCCCCC1=C(c2ccc(CCC)c(CCC)c2)[N+](=[N-])C(c2ccc(CCC)c(CCC)c2)=C1CCCC. The average Bonchev–Trinajstić information content (AvgIpc) is 3.26. The highest BCUT2D eigenvalue weighted by Gasteiger charge is 2.35. The van der Waals surface area contributed by atoms with Crippen LogP contribution >= 0.6 is 0 Å². The molecule has 0 unspecified atom stereocenters. The molecule has 0 amide bonds. The summed E-state index contributed by atoms with van der Waals surface area (Å²) < 4.78 is 1.60. The monoisotopic (exact) mass is 568 g/mol. The molecule has 230 valence electrons. The molecular weight excluding hydrogens is 508 g/mol. The van der Waals surface area contributed by atoms with Gasteiger partial charge in [0.25, 0.3) is 0 Å². The fraction of sp³-hybridized carbons (Fsp3) is 0.600. The van der Waals surface area contributed by atoms with Crippen LogP contribution in [0.2, 0.25) is 0 Å². The zero-order chi connectivity index (χ0) is 30.3. The molecule has 0 radical (unpaired) electrons. The normalized spacial score (nSPS) is 13.6. The van der Waals surface area contributed by atoms with Crippen LogP contribution in [0.1, 0.15) is 165 Å². The molecule has 0 N–H and O–H groups in total. The molecule has 0 spiro atoms. The van der Waals surface area contributed by atoms with E-state index in [9.17, 15) is 5.53 Å². The lowest BCUT2D eigenvalue weighted by Crippen LogP contribution is -2.05. The second-order valence-electron chi connectivity index (χ2n) is 12.6. The Morgan fingerprint density at radius 1 is 0.429 bits per heavy atom. The highest BCUT2D eigenvalue weighted by Crippen LogP contribution is 2.45. The van der Waals surface area contributed by atoms with Gasteiger partial charge in [-0.15, -0.1) is 0 Å². The van der Waals surface area contributed by atoms with Crippen molar-refractivity contribution in [3.63, 3.8) is 0 Å². The van der Waals surface area contributed by atoms with Crippen molar-refractivity contribution in [3.8, 4) is 0 Å². The van der Waals surface area contributed by atoms with Crippen molar-refractivity contribution in [2.75, 3.05) is 0 Å². The maximum Gasteiger partial charge on any atom is 0.211 e. The number of nitrogens with zero attached hydrogens (tertiary/aromatic N) is 2. The predicted molar refractivity (Wildman–Crippen MR) is 184 cm³/mol. The average molecular weight is 569 g/mol. The van der Waals surface area contributed by atoms with Crippen LogP contribution in [0, 0.1) is 0 Å². The maximum atomic E-state index is 12.2. The summed E-state index contributed by atoms with van der Waals surface area (Å²) in [6, 6.07) is 14.1. The molecule has 42 heavy (non-hydrogen) atoms. The van der Waals surface area contributed by atoms with Crippen LogP contribution in [-0.2, 0) is 25.7 Å². The van der Waals surface area contributed by atoms with E-state index in [2.05, 4.69) is 77.9 Å². The van der Waals surface area contributed by atoms with Gasteiger partial charge >= 0.3 is 0 Å². The number of benzene rings is 2. The third-order valence-corrected chi connectivity index (χ3v) is 8.96. The molecule has 0 atom stereocenters. The molecule has 2 aromatic rings. The molecule has 2 heteroatoms. The summed E-state index contributed by atoms with van der Waals surface area (Å²) in [6.45, 7) is 13.7. The fourth-order valence-electron chi connectivity index (χ4n) is 6.80. The number of aryl methyl sites for hydroxylation is 4. The molecule has 1 heterocycles. The van der Waals surface area contributed by atoms with Gasteiger partial charge in [-0.05, 0) is 97.9 Å². The van der Waals surface area contributed by atoms with Gasteiger partial charge in [-0.2, -0.15) is 0 Å². The van der Waals surface area contributed by atoms with E-state index >= 15 is 0 Å². The third-order valence-electron chi connectivity index (χ3n) is 8.96. The summed E-state index contributed by atoms with van der Waals surface area (Å²) in [6.07, 6.45) is 21.1. The Morgan fingerprint density at radius 3 is 1.29 bits per heavy atom. The van der Waals surface area contributed by atoms with Gasteiger partial charge in [-0.25, -0.2) is 4.70 Å². The van der Waals surface area contributed by atoms with Gasteiger partial charge in [0.2, 0.25) is 11.4 Å². The van der Waals surface area contributed by atoms with Gasteiger partial charge < -0.3 is 5.53 Å². The van der Waals surface area contributed by atoms with E-state index < -0.39 is 0 Å². The Bertz CT molecular complexity index is 1210. The van der Waals surface area contributed by atoms with E-state index in [-0.39, 0.29) is 0 Å². The molecule has 2 aromatic carbocycles. The van der Waals surface area contributed by atoms with E-state index in [1.807, 2.05) is 0 Å². The van der Waals surface area contributed by atoms with Crippen LogP contribution in [-0.4, -0.2) is 4.70 Å². The van der Waals surface area contributed by atoms with Crippen molar-refractivity contribution in [1.29, 1.82) is 0 Å². The zero-order valence-electron chi connectivity index (χ0n) is 28.1. The second-order valence-corrected chi connectivity index (χ2v) is 12.6. The van der Waals surface area contributed by atoms with Gasteiger partial charge in [-0.3, -0.25) is 0 Å². The quantitative estimate of drug-likeness (QED) is 0.112. The van der Waals surface area contributed by atoms with Gasteiger partial charge in [0.1, 0.15) is 0 Å². The molecule has 0 aromatic heterocycles. The topological polar surface area (TPSA) is 25.3 Å². The minimum atomic E-state index is 1.02. The second kappa shape index (κ2) is 18.2. The highest BCUT2D eigenvalue weighted by molar-refractivity contribution is 5.82. The summed E-state index contributed by atoms with van der Waals surface area (Å²) in [5, 5.41) is 0. The first kappa shape index (κ1) is 34.0. The predicted octanol–water partition coefficient (Wildman–Crippen LogP) is 12.6. The molecule has 2 nitrogen and oxygen atoms in total. The Hall–Kier alpha value is -2.48. The van der Waals surface area contributed by atoms with Crippen LogP contribution in [0.25, 0.3) is 16.9 Å². The summed E-state index contributed by atoms with van der Waals surface area (Å²) in [5.41, 5.74) is 25.2. The molecule has 0 aliphatic carbocycles. The Morgan fingerprint density at radius 2 is 0.833 bits per heavy atom. The number of hydrogen-bond donors (Lipinski definition) is 0. The van der Waals surface area contributed by atoms with Gasteiger partial charge in [0.05, 0.1) is 0 Å². The minimum absolute atomic E-state index is 1.02. The van der Waals surface area contributed by atoms with Gasteiger partial charge in [-0.1, -0.05) is 118 Å². The third kappa shape index (κ3) is 8.77. The van der Waals surface area contributed by atoms with Crippen molar-refractivity contribution in [3.05, 3.63) is 86.5 Å². The molecular formula is C40H60N2. The fourth-order valence-corrected chi connectivity index (χ4v) is 6.80. The van der Waals surface area contributed by atoms with Crippen molar-refractivity contribution in [1.82, 2.24) is 0 Å². The largest absolute Gasteiger partial charge is 0.493 e. The standard InChI is InChI=1S/C40H60N2/c1-7-13-15-16-17-18-24-38-37(23-14-8-2)39(35-27-25-31(19-9-3)33(29-35)21-11-5)42(41)40(38)36-28-26-32(20-10-4)34(30-36)22-12-6/h25-30H,7-24H2,1-6H3. The lowest BCUT2D eigenvalue weighted by atomic mass is 9.89. The zero-order valence-corrected chi connectivity index (χ0v) is 28.1. The molecule has 3 rings (SSSR count). The van der Waals surface area contributed by atoms with Gasteiger partial charge in [0.15, 0.2) is 0 Å². The van der Waals surface area contributed by atoms with E-state index in [0.717, 1.165) is 88.4 Å². The summed E-state index contributed by atoms with van der Waals surface area (Å²) >= 11 is 0. The number of allylic oxidation sites excluding steroid dienone is 2.